The molecule has 0 N–H and O–H groups in total. The molecular formula is C34H32N7NaO3. The van der Waals surface area contributed by atoms with Gasteiger partial charge in [-0.2, -0.15) is 0 Å². The van der Waals surface area contributed by atoms with E-state index >= 15 is 0 Å². The fraction of sp³-hybridized carbons (Fsp3) is 0.235. The number of pyridine rings is 1. The summed E-state index contributed by atoms with van der Waals surface area (Å²) >= 11 is 0. The standard InChI is InChI=1S/C34H32N7O3.Na/c1-3-5-14-30-35-29-19-20-40(22-25-10-6-7-12-27(25)34(43)44-4-2)33(42)31(29)41(30)21-23-15-17-24(18-16-23)26-11-8-9-13-28(26)32-36-38-39-37-32;/h6-13,15-20H,3-5,14,21-22H2,1-2H3;/q-1;+1. The van der Waals surface area contributed by atoms with Gasteiger partial charge in [-0.15, -0.1) is 0 Å². The summed E-state index contributed by atoms with van der Waals surface area (Å²) < 4.78 is 8.92. The van der Waals surface area contributed by atoms with E-state index in [9.17, 15) is 9.59 Å². The molecule has 6 rings (SSSR count). The van der Waals surface area contributed by atoms with Gasteiger partial charge < -0.3 is 19.0 Å². The maximum atomic E-state index is 14.0. The number of aryl methyl sites for hydroxylation is 1. The van der Waals surface area contributed by atoms with Crippen LogP contribution >= 0.6 is 0 Å². The first kappa shape index (κ1) is 32.0. The van der Waals surface area contributed by atoms with Crippen LogP contribution in [0.15, 0.2) is 89.9 Å². The summed E-state index contributed by atoms with van der Waals surface area (Å²) in [7, 11) is 0. The van der Waals surface area contributed by atoms with Crippen LogP contribution in [0.5, 0.6) is 0 Å². The van der Waals surface area contributed by atoms with Crippen molar-refractivity contribution >= 4 is 17.0 Å². The molecule has 0 atom stereocenters. The molecule has 45 heavy (non-hydrogen) atoms. The third-order valence-electron chi connectivity index (χ3n) is 7.65. The van der Waals surface area contributed by atoms with Crippen molar-refractivity contribution in [2.45, 2.75) is 46.2 Å². The third-order valence-corrected chi connectivity index (χ3v) is 7.65. The predicted octanol–water partition coefficient (Wildman–Crippen LogP) is 2.29. The van der Waals surface area contributed by atoms with Gasteiger partial charge in [-0.25, -0.2) is 14.9 Å². The summed E-state index contributed by atoms with van der Waals surface area (Å²) in [6, 6.07) is 25.3. The first-order valence-corrected chi connectivity index (χ1v) is 14.8. The Labute approximate surface area is 282 Å². The van der Waals surface area contributed by atoms with Crippen LogP contribution in [0.4, 0.5) is 0 Å². The molecule has 0 radical (unpaired) electrons. The molecule has 11 heteroatoms. The molecule has 0 fully saturated rings. The number of benzene rings is 3. The number of hydrogen-bond donors (Lipinski definition) is 0. The molecule has 0 unspecified atom stereocenters. The van der Waals surface area contributed by atoms with E-state index in [0.717, 1.165) is 52.9 Å². The maximum Gasteiger partial charge on any atom is 1.00 e. The van der Waals surface area contributed by atoms with Gasteiger partial charge in [0.25, 0.3) is 5.56 Å². The van der Waals surface area contributed by atoms with Gasteiger partial charge in [0.15, 0.2) is 0 Å². The third kappa shape index (κ3) is 6.83. The number of esters is 1. The average molecular weight is 610 g/mol. The summed E-state index contributed by atoms with van der Waals surface area (Å²) in [5, 5.41) is 15.3. The Kier molecular flexibility index (Phi) is 10.4. The molecule has 3 heterocycles. The van der Waals surface area contributed by atoms with Crippen molar-refractivity contribution in [3.63, 3.8) is 0 Å². The summed E-state index contributed by atoms with van der Waals surface area (Å²) in [5.41, 5.74) is 6.13. The van der Waals surface area contributed by atoms with Crippen LogP contribution in [-0.2, 0) is 24.2 Å². The van der Waals surface area contributed by atoms with E-state index in [-0.39, 0.29) is 48.3 Å². The molecule has 10 nitrogen and oxygen atoms in total. The zero-order valence-corrected chi connectivity index (χ0v) is 27.7. The number of rotatable bonds is 11. The van der Waals surface area contributed by atoms with E-state index in [1.165, 1.54) is 0 Å². The first-order valence-electron chi connectivity index (χ1n) is 14.8. The van der Waals surface area contributed by atoms with E-state index in [1.54, 1.807) is 29.8 Å². The molecule has 0 saturated heterocycles. The van der Waals surface area contributed by atoms with Crippen LogP contribution in [0.2, 0.25) is 0 Å². The number of imidazole rings is 1. The minimum absolute atomic E-state index is 0. The summed E-state index contributed by atoms with van der Waals surface area (Å²) in [6.07, 6.45) is 4.50. The Morgan fingerprint density at radius 1 is 0.911 bits per heavy atom. The van der Waals surface area contributed by atoms with Gasteiger partial charge in [-0.1, -0.05) is 80.1 Å². The van der Waals surface area contributed by atoms with E-state index in [1.807, 2.05) is 47.0 Å². The van der Waals surface area contributed by atoms with Crippen molar-refractivity contribution in [3.8, 4) is 22.5 Å². The van der Waals surface area contributed by atoms with Gasteiger partial charge in [0.05, 0.1) is 30.1 Å². The second-order valence-electron chi connectivity index (χ2n) is 10.5. The smallest absolute Gasteiger partial charge is 0.462 e. The maximum absolute atomic E-state index is 14.0. The number of unbranched alkanes of at least 4 members (excludes halogenated alkanes) is 1. The van der Waals surface area contributed by atoms with Crippen LogP contribution in [0.1, 0.15) is 54.0 Å². The average Bonchev–Trinajstić information content (AvgIpc) is 3.71. The van der Waals surface area contributed by atoms with Crippen LogP contribution < -0.4 is 40.3 Å². The quantitative estimate of drug-likeness (QED) is 0.162. The van der Waals surface area contributed by atoms with Gasteiger partial charge in [-0.3, -0.25) is 15.2 Å². The van der Waals surface area contributed by atoms with Crippen molar-refractivity contribution < 1.29 is 39.1 Å². The number of hydrogen-bond acceptors (Lipinski definition) is 7. The largest absolute Gasteiger partial charge is 1.00 e. The van der Waals surface area contributed by atoms with Crippen molar-refractivity contribution in [3.05, 3.63) is 118 Å². The van der Waals surface area contributed by atoms with Crippen LogP contribution in [-0.4, -0.2) is 42.1 Å². The van der Waals surface area contributed by atoms with Crippen molar-refractivity contribution in [1.29, 1.82) is 0 Å². The molecule has 0 amide bonds. The van der Waals surface area contributed by atoms with E-state index < -0.39 is 5.97 Å². The van der Waals surface area contributed by atoms with Crippen LogP contribution in [0.3, 0.4) is 0 Å². The van der Waals surface area contributed by atoms with Crippen molar-refractivity contribution in [2.24, 2.45) is 0 Å². The van der Waals surface area contributed by atoms with Crippen molar-refractivity contribution in [2.75, 3.05) is 6.61 Å². The number of nitrogens with zero attached hydrogens (tertiary/aromatic N) is 7. The Hall–Kier alpha value is -4.38. The molecule has 6 aromatic rings. The normalized spacial score (nSPS) is 11.0. The predicted molar refractivity (Wildman–Crippen MR) is 167 cm³/mol. The van der Waals surface area contributed by atoms with Crippen LogP contribution in [0.25, 0.3) is 33.5 Å². The van der Waals surface area contributed by atoms with E-state index in [0.29, 0.717) is 29.0 Å². The SMILES string of the molecule is CCCCc1nc2ccn(Cc3ccccc3C(=O)OCC)c(=O)c2n1Cc1ccc(-c2ccccc2-c2nn[n-]n2)cc1.[Na+]. The fourth-order valence-corrected chi connectivity index (χ4v) is 5.45. The molecule has 3 aromatic heterocycles. The molecule has 0 aliphatic heterocycles. The van der Waals surface area contributed by atoms with Gasteiger partial charge in [-0.05, 0) is 47.7 Å². The minimum atomic E-state index is -0.397. The molecule has 3 aromatic carbocycles. The first-order chi connectivity index (χ1) is 21.6. The Morgan fingerprint density at radius 3 is 2.40 bits per heavy atom. The molecular weight excluding hydrogens is 577 g/mol. The van der Waals surface area contributed by atoms with E-state index in [4.69, 9.17) is 9.72 Å². The molecule has 0 saturated carbocycles. The monoisotopic (exact) mass is 609 g/mol. The van der Waals surface area contributed by atoms with Crippen LogP contribution in [0, 0.1) is 0 Å². The number of fused-ring (bicyclic) bond motifs is 1. The van der Waals surface area contributed by atoms with Gasteiger partial charge in [0, 0.05) is 24.7 Å². The molecule has 0 aliphatic rings. The fourth-order valence-electron chi connectivity index (χ4n) is 5.45. The van der Waals surface area contributed by atoms with Gasteiger partial charge in [0.1, 0.15) is 11.3 Å². The Morgan fingerprint density at radius 2 is 1.67 bits per heavy atom. The topological polar surface area (TPSA) is 119 Å². The number of ether oxygens (including phenoxy) is 1. The van der Waals surface area contributed by atoms with Gasteiger partial charge in [0.2, 0.25) is 0 Å². The number of carbonyl (C=O) groups is 1. The second kappa shape index (κ2) is 14.6. The molecule has 222 valence electrons. The number of carbonyl (C=O) groups excluding carboxylic acids is 1. The molecule has 0 bridgehead atoms. The summed E-state index contributed by atoms with van der Waals surface area (Å²) in [6.45, 7) is 4.94. The zero-order chi connectivity index (χ0) is 30.5. The molecule has 0 spiro atoms. The second-order valence-corrected chi connectivity index (χ2v) is 10.5. The van der Waals surface area contributed by atoms with Gasteiger partial charge >= 0.3 is 35.5 Å². The summed E-state index contributed by atoms with van der Waals surface area (Å²) in [5.74, 6) is 0.966. The Balaban J connectivity index is 0.00000400. The zero-order valence-electron chi connectivity index (χ0n) is 25.7. The minimum Gasteiger partial charge on any atom is -0.462 e. The Bertz CT molecular complexity index is 1960. The molecule has 0 aliphatic carbocycles. The van der Waals surface area contributed by atoms with E-state index in [2.05, 4.69) is 51.8 Å². The van der Waals surface area contributed by atoms with Crippen molar-refractivity contribution in [1.82, 2.24) is 34.7 Å². The number of aromatic nitrogens is 7. The summed E-state index contributed by atoms with van der Waals surface area (Å²) in [4.78, 5) is 31.4. The number of tetrazole rings is 1.